The molecule has 2 aliphatic rings. The van der Waals surface area contributed by atoms with Gasteiger partial charge in [0.15, 0.2) is 0 Å². The van der Waals surface area contributed by atoms with Crippen molar-refractivity contribution in [2.24, 2.45) is 52.6 Å². The Labute approximate surface area is 279 Å². The number of rotatable bonds is 25. The predicted octanol–water partition coefficient (Wildman–Crippen LogP) is 6.43. The van der Waals surface area contributed by atoms with Crippen molar-refractivity contribution in [2.45, 2.75) is 130 Å². The van der Waals surface area contributed by atoms with Crippen molar-refractivity contribution in [3.05, 3.63) is 0 Å². The molecular formula is C37H67N3O6. The zero-order valence-corrected chi connectivity index (χ0v) is 30.0. The molecular weight excluding hydrogens is 582 g/mol. The second-order valence-electron chi connectivity index (χ2n) is 15.1. The van der Waals surface area contributed by atoms with E-state index in [-0.39, 0.29) is 41.5 Å². The van der Waals surface area contributed by atoms with Crippen LogP contribution in [-0.4, -0.2) is 67.6 Å². The third-order valence-electron chi connectivity index (χ3n) is 11.6. The minimum atomic E-state index is -0.658. The van der Waals surface area contributed by atoms with E-state index < -0.39 is 11.4 Å². The molecule has 8 unspecified atom stereocenters. The molecule has 46 heavy (non-hydrogen) atoms. The monoisotopic (exact) mass is 650 g/mol. The number of hydrogen-bond donors (Lipinski definition) is 3. The fourth-order valence-corrected chi connectivity index (χ4v) is 8.14. The molecule has 0 heterocycles. The number of amides is 2. The molecule has 8 atom stereocenters. The molecule has 0 radical (unpaired) electrons. The third-order valence-corrected chi connectivity index (χ3v) is 11.6. The van der Waals surface area contributed by atoms with Crippen molar-refractivity contribution in [1.82, 2.24) is 10.2 Å². The second kappa shape index (κ2) is 20.3. The molecule has 0 saturated heterocycles. The molecule has 2 fully saturated rings. The minimum absolute atomic E-state index is 0.0965. The summed E-state index contributed by atoms with van der Waals surface area (Å²) >= 11 is 0. The summed E-state index contributed by atoms with van der Waals surface area (Å²) in [5.41, 5.74) is 5.36. The largest absolute Gasteiger partial charge is 0.481 e. The molecule has 266 valence electrons. The lowest BCUT2D eigenvalue weighted by Crippen LogP contribution is -2.39. The van der Waals surface area contributed by atoms with E-state index in [0.29, 0.717) is 76.0 Å². The summed E-state index contributed by atoms with van der Waals surface area (Å²) in [5, 5.41) is 12.8. The number of fused-ring (bicyclic) bond motifs is 2. The zero-order chi connectivity index (χ0) is 34.3. The van der Waals surface area contributed by atoms with Gasteiger partial charge in [0, 0.05) is 24.4 Å². The van der Waals surface area contributed by atoms with Gasteiger partial charge in [-0.05, 0) is 102 Å². The molecule has 0 spiro atoms. The minimum Gasteiger partial charge on any atom is -0.481 e. The van der Waals surface area contributed by atoms with E-state index in [0.717, 1.165) is 51.4 Å². The van der Waals surface area contributed by atoms with Crippen molar-refractivity contribution in [3.8, 4) is 0 Å². The van der Waals surface area contributed by atoms with Crippen LogP contribution in [0.25, 0.3) is 0 Å². The van der Waals surface area contributed by atoms with Gasteiger partial charge in [-0.1, -0.05) is 66.2 Å². The van der Waals surface area contributed by atoms with Crippen LogP contribution in [0.1, 0.15) is 130 Å². The van der Waals surface area contributed by atoms with Crippen LogP contribution in [0.4, 0.5) is 0 Å². The topological polar surface area (TPSA) is 139 Å². The Morgan fingerprint density at radius 1 is 0.957 bits per heavy atom. The number of carboxylic acids is 1. The molecule has 0 aromatic rings. The Bertz CT molecular complexity index is 957. The zero-order valence-electron chi connectivity index (χ0n) is 30.0. The number of ether oxygens (including phenoxy) is 1. The molecule has 0 aromatic heterocycles. The van der Waals surface area contributed by atoms with E-state index in [1.54, 1.807) is 0 Å². The molecule has 9 heteroatoms. The summed E-state index contributed by atoms with van der Waals surface area (Å²) in [6, 6.07) is 0. The number of nitrogens with one attached hydrogen (secondary N) is 1. The second-order valence-corrected chi connectivity index (χ2v) is 15.1. The van der Waals surface area contributed by atoms with Crippen LogP contribution in [0.5, 0.6) is 0 Å². The van der Waals surface area contributed by atoms with Gasteiger partial charge < -0.3 is 25.8 Å². The Morgan fingerprint density at radius 2 is 1.63 bits per heavy atom. The van der Waals surface area contributed by atoms with E-state index in [9.17, 15) is 24.3 Å². The predicted molar refractivity (Wildman–Crippen MR) is 183 cm³/mol. The van der Waals surface area contributed by atoms with Crippen LogP contribution in [0.15, 0.2) is 0 Å². The summed E-state index contributed by atoms with van der Waals surface area (Å²) in [7, 11) is 3.89. The normalized spacial score (nSPS) is 24.8. The number of carboxylic acid groups (broad SMARTS) is 1. The van der Waals surface area contributed by atoms with Crippen LogP contribution in [0.3, 0.4) is 0 Å². The summed E-state index contributed by atoms with van der Waals surface area (Å²) in [6.07, 6.45) is 13.6. The molecule has 0 aromatic carbocycles. The number of nitrogens with zero attached hydrogens (tertiary/aromatic N) is 1. The number of unbranched alkanes of at least 4 members (excludes halogenated alkanes) is 3. The fraction of sp³-hybridized carbons (Fsp3) is 0.892. The lowest BCUT2D eigenvalue weighted by atomic mass is 9.72. The average Bonchev–Trinajstić information content (AvgIpc) is 3.57. The van der Waals surface area contributed by atoms with Crippen LogP contribution in [-0.2, 0) is 23.9 Å². The number of nitrogens with two attached hydrogens (primary N) is 1. The Morgan fingerprint density at radius 3 is 2.24 bits per heavy atom. The Kier molecular flexibility index (Phi) is 17.6. The van der Waals surface area contributed by atoms with Crippen molar-refractivity contribution < 1.29 is 29.0 Å². The summed E-state index contributed by atoms with van der Waals surface area (Å²) in [6.45, 7) is 10.2. The summed E-state index contributed by atoms with van der Waals surface area (Å²) in [4.78, 5) is 52.3. The number of aliphatic carboxylic acids is 1. The lowest BCUT2D eigenvalue weighted by molar-refractivity contribution is -0.149. The number of carbonyl (C=O) groups is 4. The van der Waals surface area contributed by atoms with Crippen molar-refractivity contribution in [2.75, 3.05) is 33.8 Å². The van der Waals surface area contributed by atoms with Gasteiger partial charge in [0.1, 0.15) is 6.61 Å². The fourth-order valence-electron chi connectivity index (χ4n) is 8.14. The van der Waals surface area contributed by atoms with E-state index in [1.807, 2.05) is 25.9 Å². The molecule has 2 rings (SSSR count). The van der Waals surface area contributed by atoms with Gasteiger partial charge in [0.2, 0.25) is 11.8 Å². The van der Waals surface area contributed by atoms with E-state index in [1.165, 1.54) is 12.8 Å². The first-order chi connectivity index (χ1) is 21.8. The number of esters is 1. The van der Waals surface area contributed by atoms with Crippen LogP contribution < -0.4 is 11.1 Å². The highest BCUT2D eigenvalue weighted by atomic mass is 16.5. The van der Waals surface area contributed by atoms with Gasteiger partial charge in [-0.3, -0.25) is 19.2 Å². The van der Waals surface area contributed by atoms with E-state index in [2.05, 4.69) is 26.1 Å². The first kappa shape index (κ1) is 40.0. The maximum atomic E-state index is 13.2. The third kappa shape index (κ3) is 12.5. The number of carbonyl (C=O) groups excluding carboxylic acids is 3. The highest BCUT2D eigenvalue weighted by Gasteiger charge is 2.52. The summed E-state index contributed by atoms with van der Waals surface area (Å²) in [5.74, 6) is -0.0850. The van der Waals surface area contributed by atoms with Gasteiger partial charge in [-0.2, -0.15) is 0 Å². The number of hydrogen-bond acceptors (Lipinski definition) is 6. The van der Waals surface area contributed by atoms with Crippen molar-refractivity contribution in [1.29, 1.82) is 0 Å². The van der Waals surface area contributed by atoms with Gasteiger partial charge in [0.05, 0.1) is 11.8 Å². The first-order valence-corrected chi connectivity index (χ1v) is 18.5. The maximum Gasteiger partial charge on any atom is 0.308 e. The molecule has 2 aliphatic carbocycles. The molecule has 2 saturated carbocycles. The standard InChI is InChI=1S/C37H67N3O6/c1-7-9-10-11-21-39-36(45)37(4,8-2)20-14-18-28(35(44)46-23-22-40(5)6)17-12-15-27(33(38)41)16-13-19-30-26(3)29-24-31(30)32(25-29)34(42)43/h26-32H,7-25H2,1-6H3,(H2,38,41)(H,39,45)(H,42,43). The van der Waals surface area contributed by atoms with Gasteiger partial charge in [-0.25, -0.2) is 0 Å². The highest BCUT2D eigenvalue weighted by molar-refractivity contribution is 5.82. The number of primary amides is 1. The molecule has 0 aliphatic heterocycles. The molecule has 9 nitrogen and oxygen atoms in total. The highest BCUT2D eigenvalue weighted by Crippen LogP contribution is 2.56. The smallest absolute Gasteiger partial charge is 0.308 e. The van der Waals surface area contributed by atoms with E-state index in [4.69, 9.17) is 10.5 Å². The Hall–Kier alpha value is -2.16. The van der Waals surface area contributed by atoms with E-state index >= 15 is 0 Å². The molecule has 2 bridgehead atoms. The maximum absolute atomic E-state index is 13.2. The van der Waals surface area contributed by atoms with Gasteiger partial charge in [0.25, 0.3) is 0 Å². The first-order valence-electron chi connectivity index (χ1n) is 18.5. The van der Waals surface area contributed by atoms with Gasteiger partial charge in [-0.15, -0.1) is 0 Å². The number of likely N-dealkylation sites (N-methyl/N-ethyl adjacent to an activating group) is 1. The molecule has 4 N–H and O–H groups in total. The molecule has 2 amide bonds. The van der Waals surface area contributed by atoms with Gasteiger partial charge >= 0.3 is 11.9 Å². The van der Waals surface area contributed by atoms with Crippen molar-refractivity contribution in [3.63, 3.8) is 0 Å². The van der Waals surface area contributed by atoms with Crippen LogP contribution >= 0.6 is 0 Å². The lowest BCUT2D eigenvalue weighted by Gasteiger charge is -2.32. The SMILES string of the molecule is CCCCCCNC(=O)C(C)(CC)CCCC(CCCC(CCCC1C(C)C2CC(C(=O)O)C1C2)C(N)=O)C(=O)OCCN(C)C. The average molecular weight is 650 g/mol. The Balaban J connectivity index is 1.89. The summed E-state index contributed by atoms with van der Waals surface area (Å²) < 4.78 is 5.65. The van der Waals surface area contributed by atoms with Crippen molar-refractivity contribution >= 4 is 23.8 Å². The van der Waals surface area contributed by atoms with Crippen LogP contribution in [0.2, 0.25) is 0 Å². The van der Waals surface area contributed by atoms with Crippen LogP contribution in [0, 0.1) is 46.8 Å². The quantitative estimate of drug-likeness (QED) is 0.0766.